The second-order valence-corrected chi connectivity index (χ2v) is 5.93. The molecule has 1 aromatic heterocycles. The van der Waals surface area contributed by atoms with Gasteiger partial charge >= 0.3 is 0 Å². The summed E-state index contributed by atoms with van der Waals surface area (Å²) in [6, 6.07) is 5.84. The molecule has 1 aliphatic rings. The van der Waals surface area contributed by atoms with E-state index in [9.17, 15) is 4.79 Å². The van der Waals surface area contributed by atoms with Crippen molar-refractivity contribution in [2.75, 3.05) is 23.3 Å². The number of nitrogens with one attached hydrogen (secondary N) is 1. The number of thiazole rings is 1. The zero-order valence-electron chi connectivity index (χ0n) is 11.3. The molecule has 0 spiro atoms. The third-order valence-electron chi connectivity index (χ3n) is 3.46. The molecule has 1 aliphatic heterocycles. The van der Waals surface area contributed by atoms with Crippen LogP contribution in [-0.4, -0.2) is 24.0 Å². The Bertz CT molecular complexity index is 644. The quantitative estimate of drug-likeness (QED) is 0.880. The monoisotopic (exact) mass is 287 g/mol. The lowest BCUT2D eigenvalue weighted by molar-refractivity contribution is -0.111. The minimum Gasteiger partial charge on any atom is -0.348 e. The summed E-state index contributed by atoms with van der Waals surface area (Å²) in [5.41, 5.74) is 1.70. The summed E-state index contributed by atoms with van der Waals surface area (Å²) in [5.74, 6) is -0.198. The van der Waals surface area contributed by atoms with Gasteiger partial charge in [-0.2, -0.15) is 0 Å². The van der Waals surface area contributed by atoms with E-state index in [1.807, 2.05) is 18.2 Å². The molecule has 0 aliphatic carbocycles. The van der Waals surface area contributed by atoms with Crippen molar-refractivity contribution in [2.24, 2.45) is 0 Å². The fraction of sp³-hybridized carbons (Fsp3) is 0.333. The Hall–Kier alpha value is -1.88. The van der Waals surface area contributed by atoms with E-state index in [-0.39, 0.29) is 5.91 Å². The van der Waals surface area contributed by atoms with Gasteiger partial charge in [-0.3, -0.25) is 4.79 Å². The number of anilines is 2. The third-order valence-corrected chi connectivity index (χ3v) is 4.55. The van der Waals surface area contributed by atoms with Gasteiger partial charge in [-0.15, -0.1) is 0 Å². The lowest BCUT2D eigenvalue weighted by atomic mass is 10.1. The maximum absolute atomic E-state index is 11.3. The maximum atomic E-state index is 11.3. The lowest BCUT2D eigenvalue weighted by Crippen LogP contribution is -2.29. The molecule has 5 heteroatoms. The highest BCUT2D eigenvalue weighted by atomic mass is 32.1. The van der Waals surface area contributed by atoms with E-state index in [4.69, 9.17) is 4.98 Å². The highest BCUT2D eigenvalue weighted by Crippen LogP contribution is 2.31. The molecule has 104 valence electrons. The van der Waals surface area contributed by atoms with Gasteiger partial charge in [0.25, 0.3) is 0 Å². The highest BCUT2D eigenvalue weighted by molar-refractivity contribution is 7.22. The molecule has 0 saturated carbocycles. The summed E-state index contributed by atoms with van der Waals surface area (Å²) in [4.78, 5) is 18.4. The molecule has 0 unspecified atom stereocenters. The first-order chi connectivity index (χ1) is 9.76. The summed E-state index contributed by atoms with van der Waals surface area (Å²) in [5, 5.41) is 3.86. The Morgan fingerprint density at radius 3 is 2.90 bits per heavy atom. The van der Waals surface area contributed by atoms with Crippen molar-refractivity contribution in [2.45, 2.75) is 19.3 Å². The number of piperidine rings is 1. The number of aromatic nitrogens is 1. The molecule has 1 aromatic carbocycles. The second-order valence-electron chi connectivity index (χ2n) is 4.92. The highest BCUT2D eigenvalue weighted by Gasteiger charge is 2.15. The Morgan fingerprint density at radius 2 is 2.15 bits per heavy atom. The third kappa shape index (κ3) is 2.67. The van der Waals surface area contributed by atoms with Crippen molar-refractivity contribution < 1.29 is 4.79 Å². The number of carbonyl (C=O) groups excluding carboxylic acids is 1. The Morgan fingerprint density at radius 1 is 1.35 bits per heavy atom. The summed E-state index contributed by atoms with van der Waals surface area (Å²) in [7, 11) is 0. The normalized spacial score (nSPS) is 15.3. The van der Waals surface area contributed by atoms with E-state index >= 15 is 0 Å². The summed E-state index contributed by atoms with van der Waals surface area (Å²) in [6.07, 6.45) is 5.08. The Labute approximate surface area is 122 Å². The van der Waals surface area contributed by atoms with Gasteiger partial charge in [-0.05, 0) is 43.5 Å². The van der Waals surface area contributed by atoms with Gasteiger partial charge in [0.05, 0.1) is 10.2 Å². The molecule has 0 atom stereocenters. The molecule has 20 heavy (non-hydrogen) atoms. The molecular formula is C15H17N3OS. The molecular weight excluding hydrogens is 270 g/mol. The van der Waals surface area contributed by atoms with Gasteiger partial charge in [0.2, 0.25) is 5.91 Å². The molecule has 1 amide bonds. The first-order valence-electron chi connectivity index (χ1n) is 6.85. The predicted octanol–water partition coefficient (Wildman–Crippen LogP) is 3.41. The van der Waals surface area contributed by atoms with Crippen LogP contribution in [0.15, 0.2) is 30.9 Å². The minimum absolute atomic E-state index is 0.198. The van der Waals surface area contributed by atoms with E-state index in [1.54, 1.807) is 11.3 Å². The van der Waals surface area contributed by atoms with Crippen molar-refractivity contribution >= 4 is 38.3 Å². The van der Waals surface area contributed by atoms with Crippen molar-refractivity contribution in [3.05, 3.63) is 30.9 Å². The fourth-order valence-corrected chi connectivity index (χ4v) is 3.40. The zero-order valence-corrected chi connectivity index (χ0v) is 12.1. The molecule has 4 nitrogen and oxygen atoms in total. The van der Waals surface area contributed by atoms with Gasteiger partial charge in [0.15, 0.2) is 5.13 Å². The first kappa shape index (κ1) is 13.1. The number of hydrogen-bond acceptors (Lipinski definition) is 4. The Balaban J connectivity index is 1.86. The van der Waals surface area contributed by atoms with Crippen molar-refractivity contribution in [1.29, 1.82) is 0 Å². The topological polar surface area (TPSA) is 45.2 Å². The molecule has 1 fully saturated rings. The van der Waals surface area contributed by atoms with Crippen LogP contribution in [0.2, 0.25) is 0 Å². The van der Waals surface area contributed by atoms with Crippen LogP contribution in [0.25, 0.3) is 10.2 Å². The average Bonchev–Trinajstić information content (AvgIpc) is 2.91. The predicted molar refractivity (Wildman–Crippen MR) is 84.5 cm³/mol. The first-order valence-corrected chi connectivity index (χ1v) is 7.67. The fourth-order valence-electron chi connectivity index (χ4n) is 2.41. The van der Waals surface area contributed by atoms with Crippen molar-refractivity contribution in [3.8, 4) is 0 Å². The molecule has 1 saturated heterocycles. The lowest BCUT2D eigenvalue weighted by Gasteiger charge is -2.25. The number of fused-ring (bicyclic) bond motifs is 1. The zero-order chi connectivity index (χ0) is 13.9. The van der Waals surface area contributed by atoms with Gasteiger partial charge in [-0.1, -0.05) is 17.9 Å². The van der Waals surface area contributed by atoms with Crippen LogP contribution in [0.4, 0.5) is 10.8 Å². The van der Waals surface area contributed by atoms with Crippen molar-refractivity contribution in [1.82, 2.24) is 4.98 Å². The summed E-state index contributed by atoms with van der Waals surface area (Å²) >= 11 is 1.72. The van der Waals surface area contributed by atoms with Gasteiger partial charge in [0, 0.05) is 18.8 Å². The average molecular weight is 287 g/mol. The van der Waals surface area contributed by atoms with Crippen LogP contribution < -0.4 is 10.2 Å². The van der Waals surface area contributed by atoms with E-state index in [2.05, 4.69) is 16.8 Å². The van der Waals surface area contributed by atoms with Crippen LogP contribution >= 0.6 is 11.3 Å². The summed E-state index contributed by atoms with van der Waals surface area (Å²) in [6.45, 7) is 5.65. The van der Waals surface area contributed by atoms with Crippen LogP contribution in [0.5, 0.6) is 0 Å². The largest absolute Gasteiger partial charge is 0.348 e. The number of hydrogen-bond donors (Lipinski definition) is 1. The van der Waals surface area contributed by atoms with E-state index in [0.29, 0.717) is 0 Å². The molecule has 2 heterocycles. The smallest absolute Gasteiger partial charge is 0.247 e. The number of rotatable bonds is 3. The van der Waals surface area contributed by atoms with Gasteiger partial charge in [-0.25, -0.2) is 4.98 Å². The number of benzene rings is 1. The SMILES string of the molecule is C=CC(=O)Nc1ccc2sc(N3CCCCC3)nc2c1. The van der Waals surface area contributed by atoms with E-state index < -0.39 is 0 Å². The maximum Gasteiger partial charge on any atom is 0.247 e. The van der Waals surface area contributed by atoms with Crippen LogP contribution in [-0.2, 0) is 4.79 Å². The van der Waals surface area contributed by atoms with Crippen molar-refractivity contribution in [3.63, 3.8) is 0 Å². The van der Waals surface area contributed by atoms with Crippen LogP contribution in [0, 0.1) is 0 Å². The van der Waals surface area contributed by atoms with E-state index in [1.165, 1.54) is 25.3 Å². The van der Waals surface area contributed by atoms with Gasteiger partial charge < -0.3 is 10.2 Å². The van der Waals surface area contributed by atoms with Crippen LogP contribution in [0.3, 0.4) is 0 Å². The minimum atomic E-state index is -0.198. The Kier molecular flexibility index (Phi) is 3.69. The van der Waals surface area contributed by atoms with Crippen LogP contribution in [0.1, 0.15) is 19.3 Å². The standard InChI is InChI=1S/C15H17N3OS/c1-2-14(19)16-11-6-7-13-12(10-11)17-15(20-13)18-8-4-3-5-9-18/h2,6-7,10H,1,3-5,8-9H2,(H,16,19). The number of carbonyl (C=O) groups is 1. The van der Waals surface area contributed by atoms with Gasteiger partial charge in [0.1, 0.15) is 0 Å². The second kappa shape index (κ2) is 5.63. The summed E-state index contributed by atoms with van der Waals surface area (Å²) < 4.78 is 1.15. The molecule has 0 radical (unpaired) electrons. The number of amides is 1. The molecule has 0 bridgehead atoms. The molecule has 1 N–H and O–H groups in total. The molecule has 2 aromatic rings. The number of nitrogens with zero attached hydrogens (tertiary/aromatic N) is 2. The van der Waals surface area contributed by atoms with E-state index in [0.717, 1.165) is 34.1 Å². The molecule has 3 rings (SSSR count).